The summed E-state index contributed by atoms with van der Waals surface area (Å²) in [5, 5.41) is 12.4. The lowest BCUT2D eigenvalue weighted by atomic mass is 9.94. The summed E-state index contributed by atoms with van der Waals surface area (Å²) in [6.07, 6.45) is 4.85. The van der Waals surface area contributed by atoms with Crippen molar-refractivity contribution in [1.29, 1.82) is 0 Å². The van der Waals surface area contributed by atoms with Gasteiger partial charge in [0, 0.05) is 12.5 Å². The first-order chi connectivity index (χ1) is 11.0. The minimum atomic E-state index is -0.168. The van der Waals surface area contributed by atoms with E-state index in [1.54, 1.807) is 0 Å². The number of halogens is 1. The molecule has 1 unspecified atom stereocenters. The summed E-state index contributed by atoms with van der Waals surface area (Å²) in [5.74, 6) is 1.44. The molecular formula is C16H30ClN6O-. The van der Waals surface area contributed by atoms with Crippen LogP contribution in [0.2, 0.25) is 0 Å². The third-order valence-electron chi connectivity index (χ3n) is 4.71. The minimum absolute atomic E-state index is 0. The van der Waals surface area contributed by atoms with Gasteiger partial charge in [-0.3, -0.25) is 9.69 Å². The van der Waals surface area contributed by atoms with Crippen LogP contribution in [0.3, 0.4) is 0 Å². The summed E-state index contributed by atoms with van der Waals surface area (Å²) in [5.41, 5.74) is 5.44. The number of nitrogens with two attached hydrogens (primary N) is 1. The predicted octanol–water partition coefficient (Wildman–Crippen LogP) is -1.24. The maximum atomic E-state index is 11.4. The first kappa shape index (κ1) is 20.8. The Labute approximate surface area is 150 Å². The fourth-order valence-electron chi connectivity index (χ4n) is 3.23. The zero-order chi connectivity index (χ0) is 16.8. The topological polar surface area (TPSA) is 89.9 Å². The highest BCUT2D eigenvalue weighted by Crippen LogP contribution is 2.29. The number of rotatable bonds is 8. The van der Waals surface area contributed by atoms with Crippen molar-refractivity contribution in [1.82, 2.24) is 25.1 Å². The molecule has 1 amide bonds. The average molecular weight is 358 g/mol. The Hall–Kier alpha value is -1.21. The van der Waals surface area contributed by atoms with Crippen LogP contribution in [0.4, 0.5) is 0 Å². The van der Waals surface area contributed by atoms with Gasteiger partial charge in [0.1, 0.15) is 0 Å². The Balaban J connectivity index is 0.00000288. The molecule has 1 aromatic rings. The predicted molar refractivity (Wildman–Crippen MR) is 88.4 cm³/mol. The van der Waals surface area contributed by atoms with E-state index < -0.39 is 0 Å². The van der Waals surface area contributed by atoms with Crippen molar-refractivity contribution >= 4 is 5.91 Å². The molecule has 0 radical (unpaired) electrons. The zero-order valence-electron chi connectivity index (χ0n) is 15.0. The molecule has 1 saturated heterocycles. The summed E-state index contributed by atoms with van der Waals surface area (Å²) < 4.78 is 1.96. The van der Waals surface area contributed by atoms with Gasteiger partial charge in [0.05, 0.1) is 6.04 Å². The number of nitrogens with zero attached hydrogens (tertiary/aromatic N) is 5. The number of primary amides is 1. The highest BCUT2D eigenvalue weighted by Gasteiger charge is 2.30. The second-order valence-electron chi connectivity index (χ2n) is 6.96. The third kappa shape index (κ3) is 5.41. The highest BCUT2D eigenvalue weighted by molar-refractivity contribution is 5.76. The second-order valence-corrected chi connectivity index (χ2v) is 6.96. The molecule has 7 nitrogen and oxygen atoms in total. The van der Waals surface area contributed by atoms with Crippen LogP contribution in [0.5, 0.6) is 0 Å². The van der Waals surface area contributed by atoms with Crippen molar-refractivity contribution in [3.63, 3.8) is 0 Å². The molecule has 2 N–H and O–H groups in total. The highest BCUT2D eigenvalue weighted by atomic mass is 35.5. The summed E-state index contributed by atoms with van der Waals surface area (Å²) >= 11 is 0. The first-order valence-electron chi connectivity index (χ1n) is 8.82. The van der Waals surface area contributed by atoms with Gasteiger partial charge in [-0.25, -0.2) is 4.68 Å². The average Bonchev–Trinajstić information content (AvgIpc) is 2.99. The SMILES string of the molecule is CCCC(c1nnnn1CCC(C)C)N1CCC(C(N)=O)CC1.[Cl-]. The van der Waals surface area contributed by atoms with Gasteiger partial charge in [-0.15, -0.1) is 5.10 Å². The molecule has 1 aliphatic heterocycles. The van der Waals surface area contributed by atoms with Gasteiger partial charge in [0.2, 0.25) is 5.91 Å². The normalized spacial score (nSPS) is 17.7. The monoisotopic (exact) mass is 357 g/mol. The minimum Gasteiger partial charge on any atom is -1.00 e. The van der Waals surface area contributed by atoms with Crippen LogP contribution in [0.25, 0.3) is 0 Å². The fraction of sp³-hybridized carbons (Fsp3) is 0.875. The van der Waals surface area contributed by atoms with Crippen molar-refractivity contribution in [3.8, 4) is 0 Å². The maximum Gasteiger partial charge on any atom is 0.220 e. The molecule has 0 aromatic carbocycles. The maximum absolute atomic E-state index is 11.4. The quantitative estimate of drug-likeness (QED) is 0.628. The molecule has 8 heteroatoms. The van der Waals surface area contributed by atoms with Crippen LogP contribution >= 0.6 is 0 Å². The van der Waals surface area contributed by atoms with Gasteiger partial charge in [0.25, 0.3) is 0 Å². The molecule has 24 heavy (non-hydrogen) atoms. The fourth-order valence-corrected chi connectivity index (χ4v) is 3.23. The van der Waals surface area contributed by atoms with Crippen molar-refractivity contribution in [2.45, 2.75) is 65.5 Å². The lowest BCUT2D eigenvalue weighted by molar-refractivity contribution is -0.123. The van der Waals surface area contributed by atoms with Gasteiger partial charge in [-0.2, -0.15) is 0 Å². The van der Waals surface area contributed by atoms with E-state index in [0.29, 0.717) is 5.92 Å². The molecule has 138 valence electrons. The van der Waals surface area contributed by atoms with Gasteiger partial charge in [0.15, 0.2) is 5.82 Å². The van der Waals surface area contributed by atoms with Crippen molar-refractivity contribution in [3.05, 3.63) is 5.82 Å². The smallest absolute Gasteiger partial charge is 0.220 e. The van der Waals surface area contributed by atoms with Gasteiger partial charge in [-0.1, -0.05) is 27.2 Å². The number of hydrogen-bond acceptors (Lipinski definition) is 5. The molecule has 2 heterocycles. The van der Waals surface area contributed by atoms with E-state index in [0.717, 1.165) is 57.6 Å². The standard InChI is InChI=1S/C16H30N6O.ClH/c1-4-5-14(21-9-7-13(8-10-21)15(17)23)16-18-19-20-22(16)11-6-12(2)3;/h12-14H,4-11H2,1-3H3,(H2,17,23);1H/p-1. The molecule has 0 aliphatic carbocycles. The molecule has 0 spiro atoms. The van der Waals surface area contributed by atoms with Gasteiger partial charge in [-0.05, 0) is 55.1 Å². The van der Waals surface area contributed by atoms with Gasteiger partial charge < -0.3 is 18.1 Å². The molecule has 1 fully saturated rings. The number of piperidine rings is 1. The summed E-state index contributed by atoms with van der Waals surface area (Å²) in [6, 6.07) is 0.232. The lowest BCUT2D eigenvalue weighted by Gasteiger charge is -2.36. The number of aryl methyl sites for hydroxylation is 1. The Morgan fingerprint density at radius 2 is 1.96 bits per heavy atom. The van der Waals surface area contributed by atoms with Crippen molar-refractivity contribution in [2.75, 3.05) is 13.1 Å². The van der Waals surface area contributed by atoms with E-state index in [9.17, 15) is 4.79 Å². The van der Waals surface area contributed by atoms with Crippen molar-refractivity contribution in [2.24, 2.45) is 17.6 Å². The van der Waals surface area contributed by atoms with Crippen LogP contribution in [0.15, 0.2) is 0 Å². The number of aromatic nitrogens is 4. The van der Waals surface area contributed by atoms with Crippen LogP contribution in [0, 0.1) is 11.8 Å². The van der Waals surface area contributed by atoms with E-state index in [4.69, 9.17) is 5.73 Å². The van der Waals surface area contributed by atoms with E-state index in [2.05, 4.69) is 41.2 Å². The molecule has 1 aromatic heterocycles. The van der Waals surface area contributed by atoms with E-state index in [1.807, 2.05) is 4.68 Å². The molecule has 0 bridgehead atoms. The molecule has 0 saturated carbocycles. The number of amides is 1. The molecule has 1 aliphatic rings. The summed E-state index contributed by atoms with van der Waals surface area (Å²) in [4.78, 5) is 13.8. The third-order valence-corrected chi connectivity index (χ3v) is 4.71. The van der Waals surface area contributed by atoms with Crippen LogP contribution in [-0.2, 0) is 11.3 Å². The zero-order valence-corrected chi connectivity index (χ0v) is 15.7. The Morgan fingerprint density at radius 1 is 1.29 bits per heavy atom. The summed E-state index contributed by atoms with van der Waals surface area (Å²) in [6.45, 7) is 9.23. The molecule has 2 rings (SSSR count). The Bertz CT molecular complexity index is 499. The number of likely N-dealkylation sites (tertiary alicyclic amines) is 1. The van der Waals surface area contributed by atoms with E-state index in [1.165, 1.54) is 0 Å². The summed E-state index contributed by atoms with van der Waals surface area (Å²) in [7, 11) is 0. The number of carbonyl (C=O) groups is 1. The van der Waals surface area contributed by atoms with Crippen LogP contribution in [0.1, 0.15) is 64.7 Å². The Morgan fingerprint density at radius 3 is 2.50 bits per heavy atom. The van der Waals surface area contributed by atoms with E-state index >= 15 is 0 Å². The number of hydrogen-bond donors (Lipinski definition) is 1. The van der Waals surface area contributed by atoms with Crippen LogP contribution < -0.4 is 18.1 Å². The number of carbonyl (C=O) groups excluding carboxylic acids is 1. The van der Waals surface area contributed by atoms with E-state index in [-0.39, 0.29) is 30.3 Å². The largest absolute Gasteiger partial charge is 1.00 e. The van der Waals surface area contributed by atoms with Gasteiger partial charge >= 0.3 is 0 Å². The lowest BCUT2D eigenvalue weighted by Crippen LogP contribution is -3.00. The van der Waals surface area contributed by atoms with Crippen molar-refractivity contribution < 1.29 is 17.2 Å². The number of tetrazole rings is 1. The molecular weight excluding hydrogens is 328 g/mol. The Kier molecular flexibility index (Phi) is 8.62. The second kappa shape index (κ2) is 9.93. The molecule has 1 atom stereocenters. The van der Waals surface area contributed by atoms with Crippen LogP contribution in [-0.4, -0.2) is 44.1 Å². The first-order valence-corrected chi connectivity index (χ1v) is 8.82.